The van der Waals surface area contributed by atoms with Crippen molar-refractivity contribution in [3.8, 4) is 0 Å². The first-order chi connectivity index (χ1) is 12.6. The highest BCUT2D eigenvalue weighted by molar-refractivity contribution is 6.91. The molecule has 2 nitrogen and oxygen atoms in total. The zero-order valence-electron chi connectivity index (χ0n) is 15.8. The van der Waals surface area contributed by atoms with Crippen LogP contribution in [0.3, 0.4) is 0 Å². The minimum Gasteiger partial charge on any atom is -0.285 e. The highest BCUT2D eigenvalue weighted by Crippen LogP contribution is 2.46. The molecular weight excluding hydrogens is 332 g/mol. The average Bonchev–Trinajstić information content (AvgIpc) is 3.04. The highest BCUT2D eigenvalue weighted by Gasteiger charge is 2.46. The van der Waals surface area contributed by atoms with Crippen molar-refractivity contribution in [2.24, 2.45) is 0 Å². The first kappa shape index (κ1) is 16.9. The summed E-state index contributed by atoms with van der Waals surface area (Å²) in [7, 11) is -1.82. The van der Waals surface area contributed by atoms with Gasteiger partial charge in [-0.3, -0.25) is 10.0 Å². The monoisotopic (exact) mass is 358 g/mol. The molecule has 0 N–H and O–H groups in total. The molecule has 0 bridgehead atoms. The molecule has 3 aromatic rings. The Labute approximate surface area is 157 Å². The number of fused-ring (bicyclic) bond motifs is 1. The van der Waals surface area contributed by atoms with E-state index in [0.717, 1.165) is 6.54 Å². The Bertz CT molecular complexity index is 877. The molecule has 0 aromatic heterocycles. The van der Waals surface area contributed by atoms with E-state index in [1.807, 2.05) is 0 Å². The van der Waals surface area contributed by atoms with Crippen molar-refractivity contribution in [1.82, 2.24) is 0 Å². The molecule has 26 heavy (non-hydrogen) atoms. The predicted octanol–water partition coefficient (Wildman–Crippen LogP) is 5.14. The Kier molecular flexibility index (Phi) is 4.33. The van der Waals surface area contributed by atoms with E-state index in [4.69, 9.17) is 0 Å². The van der Waals surface area contributed by atoms with Crippen molar-refractivity contribution in [3.63, 3.8) is 0 Å². The van der Waals surface area contributed by atoms with E-state index in [2.05, 4.69) is 115 Å². The fourth-order valence-electron chi connectivity index (χ4n) is 4.25. The van der Waals surface area contributed by atoms with Gasteiger partial charge in [0.1, 0.15) is 8.07 Å². The Morgan fingerprint density at radius 2 is 1.35 bits per heavy atom. The first-order valence-electron chi connectivity index (χ1n) is 9.40. The number of para-hydroxylation sites is 2. The molecule has 132 valence electrons. The molecule has 0 fully saturated rings. The summed E-state index contributed by atoms with van der Waals surface area (Å²) in [5.41, 5.74) is 4.45. The van der Waals surface area contributed by atoms with Crippen molar-refractivity contribution < 1.29 is 0 Å². The molecule has 3 heteroatoms. The van der Waals surface area contributed by atoms with Crippen molar-refractivity contribution in [3.05, 3.63) is 90.5 Å². The van der Waals surface area contributed by atoms with Crippen LogP contribution in [0.4, 0.5) is 11.4 Å². The second-order valence-corrected chi connectivity index (χ2v) is 12.0. The van der Waals surface area contributed by atoms with Gasteiger partial charge in [0, 0.05) is 6.54 Å². The van der Waals surface area contributed by atoms with Crippen molar-refractivity contribution >= 4 is 24.6 Å². The smallest absolute Gasteiger partial charge is 0.114 e. The fourth-order valence-corrected chi connectivity index (χ4v) is 7.54. The topological polar surface area (TPSA) is 6.48 Å². The number of benzene rings is 3. The zero-order valence-corrected chi connectivity index (χ0v) is 16.8. The lowest BCUT2D eigenvalue weighted by molar-refractivity contribution is 0.752. The molecule has 0 saturated carbocycles. The minimum absolute atomic E-state index is 0.378. The maximum Gasteiger partial charge on any atom is 0.114 e. The molecule has 1 aliphatic rings. The molecule has 4 rings (SSSR count). The zero-order chi connectivity index (χ0) is 18.1. The van der Waals surface area contributed by atoms with Gasteiger partial charge in [-0.1, -0.05) is 85.0 Å². The van der Waals surface area contributed by atoms with Crippen molar-refractivity contribution in [2.45, 2.75) is 25.7 Å². The van der Waals surface area contributed by atoms with Gasteiger partial charge in [-0.15, -0.1) is 0 Å². The minimum atomic E-state index is -1.82. The van der Waals surface area contributed by atoms with E-state index in [-0.39, 0.29) is 0 Å². The van der Waals surface area contributed by atoms with Crippen LogP contribution in [-0.4, -0.2) is 14.6 Å². The molecule has 3 aromatic carbocycles. The van der Waals surface area contributed by atoms with Gasteiger partial charge in [0.05, 0.1) is 17.0 Å². The van der Waals surface area contributed by atoms with Gasteiger partial charge in [-0.05, 0) is 30.7 Å². The van der Waals surface area contributed by atoms with Gasteiger partial charge in [0.25, 0.3) is 0 Å². The van der Waals surface area contributed by atoms with E-state index in [1.165, 1.54) is 22.1 Å². The van der Waals surface area contributed by atoms with Crippen LogP contribution in [0.25, 0.3) is 0 Å². The predicted molar refractivity (Wildman–Crippen MR) is 115 cm³/mol. The second kappa shape index (κ2) is 6.65. The Morgan fingerprint density at radius 1 is 0.769 bits per heavy atom. The summed E-state index contributed by atoms with van der Waals surface area (Å²) < 4.78 is 0. The molecule has 1 unspecified atom stereocenters. The average molecular weight is 359 g/mol. The van der Waals surface area contributed by atoms with Crippen LogP contribution in [0.1, 0.15) is 18.2 Å². The first-order valence-corrected chi connectivity index (χ1v) is 12.5. The van der Waals surface area contributed by atoms with Crippen LogP contribution in [0.15, 0.2) is 84.9 Å². The van der Waals surface area contributed by atoms with E-state index in [9.17, 15) is 0 Å². The fraction of sp³-hybridized carbons (Fsp3) is 0.217. The molecule has 1 aliphatic heterocycles. The molecular formula is C23H26N2Si. The quantitative estimate of drug-likeness (QED) is 0.596. The van der Waals surface area contributed by atoms with Gasteiger partial charge in [0.2, 0.25) is 0 Å². The van der Waals surface area contributed by atoms with Crippen LogP contribution in [0.2, 0.25) is 13.1 Å². The lowest BCUT2D eigenvalue weighted by atomic mass is 10.2. The normalized spacial score (nSPS) is 16.7. The SMILES string of the molecule is CCN1c2ccccc2C([Si](C)(C)c2ccccc2)N1c1ccccc1. The summed E-state index contributed by atoms with van der Waals surface area (Å²) in [5.74, 6) is 0. The van der Waals surface area contributed by atoms with Gasteiger partial charge < -0.3 is 0 Å². The van der Waals surface area contributed by atoms with Crippen LogP contribution in [0.5, 0.6) is 0 Å². The molecule has 1 atom stereocenters. The van der Waals surface area contributed by atoms with E-state index in [0.29, 0.717) is 5.67 Å². The molecule has 1 heterocycles. The van der Waals surface area contributed by atoms with Gasteiger partial charge in [0.15, 0.2) is 0 Å². The number of hydrazine groups is 1. The largest absolute Gasteiger partial charge is 0.285 e. The second-order valence-electron chi connectivity index (χ2n) is 7.44. The van der Waals surface area contributed by atoms with Crippen LogP contribution in [-0.2, 0) is 0 Å². The number of hydrogen-bond donors (Lipinski definition) is 0. The summed E-state index contributed by atoms with van der Waals surface area (Å²) in [6.45, 7) is 8.20. The number of anilines is 2. The third-order valence-electron chi connectivity index (χ3n) is 5.54. The maximum atomic E-state index is 2.55. The Morgan fingerprint density at radius 3 is 2.00 bits per heavy atom. The van der Waals surface area contributed by atoms with Gasteiger partial charge >= 0.3 is 0 Å². The molecule has 0 saturated heterocycles. The standard InChI is InChI=1S/C23H26N2Si/c1-4-24-22-18-12-11-17-21(22)23(25(24)19-13-7-5-8-14-19)26(2,3)20-15-9-6-10-16-20/h5-18,23H,4H2,1-3H3. The molecule has 0 radical (unpaired) electrons. The summed E-state index contributed by atoms with van der Waals surface area (Å²) in [4.78, 5) is 0. The Hall–Kier alpha value is -2.52. The Balaban J connectivity index is 1.91. The third kappa shape index (κ3) is 2.63. The van der Waals surface area contributed by atoms with Gasteiger partial charge in [-0.25, -0.2) is 0 Å². The van der Waals surface area contributed by atoms with Crippen LogP contribution < -0.4 is 15.2 Å². The van der Waals surface area contributed by atoms with E-state index in [1.54, 1.807) is 0 Å². The van der Waals surface area contributed by atoms with Crippen LogP contribution >= 0.6 is 0 Å². The summed E-state index contributed by atoms with van der Waals surface area (Å²) in [5, 5.41) is 6.50. The maximum absolute atomic E-state index is 2.55. The summed E-state index contributed by atoms with van der Waals surface area (Å²) >= 11 is 0. The highest BCUT2D eigenvalue weighted by atomic mass is 28.3. The summed E-state index contributed by atoms with van der Waals surface area (Å²) in [6.07, 6.45) is 0. The van der Waals surface area contributed by atoms with Gasteiger partial charge in [-0.2, -0.15) is 0 Å². The molecule has 0 spiro atoms. The molecule has 0 aliphatic carbocycles. The lowest BCUT2D eigenvalue weighted by Gasteiger charge is -2.41. The summed E-state index contributed by atoms with van der Waals surface area (Å²) in [6, 6.07) is 30.9. The van der Waals surface area contributed by atoms with Crippen molar-refractivity contribution in [2.75, 3.05) is 16.6 Å². The number of nitrogens with zero attached hydrogens (tertiary/aromatic N) is 2. The lowest BCUT2D eigenvalue weighted by Crippen LogP contribution is -2.55. The molecule has 0 amide bonds. The third-order valence-corrected chi connectivity index (χ3v) is 9.28. The van der Waals surface area contributed by atoms with Crippen molar-refractivity contribution in [1.29, 1.82) is 0 Å². The number of hydrogen-bond acceptors (Lipinski definition) is 2. The van der Waals surface area contributed by atoms with Crippen LogP contribution in [0, 0.1) is 0 Å². The van der Waals surface area contributed by atoms with E-state index >= 15 is 0 Å². The van der Waals surface area contributed by atoms with E-state index < -0.39 is 8.07 Å². The number of rotatable bonds is 4.